The van der Waals surface area contributed by atoms with E-state index in [1.165, 1.54) is 25.9 Å². The van der Waals surface area contributed by atoms with Crippen molar-refractivity contribution in [2.45, 2.75) is 31.8 Å². The molecule has 1 N–H and O–H groups in total. The number of piperidine rings is 1. The summed E-state index contributed by atoms with van der Waals surface area (Å²) in [6, 6.07) is 1.39. The van der Waals surface area contributed by atoms with Crippen molar-refractivity contribution in [3.63, 3.8) is 0 Å². The van der Waals surface area contributed by atoms with Crippen LogP contribution in [0.1, 0.15) is 19.8 Å². The van der Waals surface area contributed by atoms with Gasteiger partial charge in [-0.2, -0.15) is 0 Å². The first-order valence-electron chi connectivity index (χ1n) is 5.69. The highest BCUT2D eigenvalue weighted by atomic mass is 15.2. The van der Waals surface area contributed by atoms with Crippen LogP contribution in [0.3, 0.4) is 0 Å². The van der Waals surface area contributed by atoms with Crippen molar-refractivity contribution in [2.75, 3.05) is 40.8 Å². The molecule has 3 heteroatoms. The van der Waals surface area contributed by atoms with Crippen LogP contribution in [0.4, 0.5) is 0 Å². The first kappa shape index (κ1) is 12.0. The summed E-state index contributed by atoms with van der Waals surface area (Å²) in [6.45, 7) is 5.90. The molecular weight excluding hydrogens is 174 g/mol. The van der Waals surface area contributed by atoms with Gasteiger partial charge in [-0.1, -0.05) is 0 Å². The predicted molar refractivity (Wildman–Crippen MR) is 61.7 cm³/mol. The van der Waals surface area contributed by atoms with Crippen LogP contribution >= 0.6 is 0 Å². The third-order valence-electron chi connectivity index (χ3n) is 3.37. The van der Waals surface area contributed by atoms with Crippen LogP contribution in [0.25, 0.3) is 0 Å². The van der Waals surface area contributed by atoms with Crippen LogP contribution in [0.2, 0.25) is 0 Å². The summed E-state index contributed by atoms with van der Waals surface area (Å²) < 4.78 is 0. The van der Waals surface area contributed by atoms with Gasteiger partial charge < -0.3 is 15.1 Å². The number of likely N-dealkylation sites (N-methyl/N-ethyl adjacent to an activating group) is 2. The van der Waals surface area contributed by atoms with Crippen LogP contribution in [0.5, 0.6) is 0 Å². The fourth-order valence-electron chi connectivity index (χ4n) is 2.11. The van der Waals surface area contributed by atoms with E-state index in [9.17, 15) is 0 Å². The van der Waals surface area contributed by atoms with Gasteiger partial charge in [0.15, 0.2) is 0 Å². The van der Waals surface area contributed by atoms with E-state index in [2.05, 4.69) is 36.1 Å². The molecule has 1 rings (SSSR count). The van der Waals surface area contributed by atoms with E-state index < -0.39 is 0 Å². The van der Waals surface area contributed by atoms with Gasteiger partial charge in [0.1, 0.15) is 0 Å². The standard InChI is InChI=1S/C11H25N3/c1-10(12-2)9-14(4)11-5-7-13(3)8-6-11/h10-12H,5-9H2,1-4H3. The lowest BCUT2D eigenvalue weighted by atomic mass is 10.0. The van der Waals surface area contributed by atoms with Gasteiger partial charge in [0.2, 0.25) is 0 Å². The van der Waals surface area contributed by atoms with Crippen molar-refractivity contribution in [3.05, 3.63) is 0 Å². The molecule has 14 heavy (non-hydrogen) atoms. The highest BCUT2D eigenvalue weighted by Crippen LogP contribution is 2.13. The van der Waals surface area contributed by atoms with Crippen LogP contribution in [-0.2, 0) is 0 Å². The Balaban J connectivity index is 2.26. The van der Waals surface area contributed by atoms with E-state index in [0.717, 1.165) is 12.6 Å². The molecule has 0 aliphatic carbocycles. The van der Waals surface area contributed by atoms with Gasteiger partial charge in [-0.3, -0.25) is 0 Å². The molecule has 1 saturated heterocycles. The summed E-state index contributed by atoms with van der Waals surface area (Å²) >= 11 is 0. The van der Waals surface area contributed by atoms with Gasteiger partial charge in [0, 0.05) is 18.6 Å². The third-order valence-corrected chi connectivity index (χ3v) is 3.37. The smallest absolute Gasteiger partial charge is 0.0163 e. The van der Waals surface area contributed by atoms with Gasteiger partial charge >= 0.3 is 0 Å². The molecule has 1 fully saturated rings. The van der Waals surface area contributed by atoms with E-state index in [4.69, 9.17) is 0 Å². The second-order valence-electron chi connectivity index (χ2n) is 4.66. The van der Waals surface area contributed by atoms with E-state index in [0.29, 0.717) is 6.04 Å². The summed E-state index contributed by atoms with van der Waals surface area (Å²) in [4.78, 5) is 4.93. The van der Waals surface area contributed by atoms with Crippen molar-refractivity contribution in [1.82, 2.24) is 15.1 Å². The molecule has 1 aliphatic rings. The third kappa shape index (κ3) is 3.56. The van der Waals surface area contributed by atoms with Gasteiger partial charge in [-0.25, -0.2) is 0 Å². The SMILES string of the molecule is CNC(C)CN(C)C1CCN(C)CC1. The van der Waals surface area contributed by atoms with Crippen LogP contribution in [-0.4, -0.2) is 62.7 Å². The molecule has 0 amide bonds. The largest absolute Gasteiger partial charge is 0.316 e. The van der Waals surface area contributed by atoms with Crippen molar-refractivity contribution in [1.29, 1.82) is 0 Å². The van der Waals surface area contributed by atoms with E-state index in [-0.39, 0.29) is 0 Å². The maximum Gasteiger partial charge on any atom is 0.0163 e. The van der Waals surface area contributed by atoms with E-state index >= 15 is 0 Å². The van der Waals surface area contributed by atoms with Gasteiger partial charge in [-0.15, -0.1) is 0 Å². The molecule has 1 aliphatic heterocycles. The predicted octanol–water partition coefficient (Wildman–Crippen LogP) is 0.620. The first-order chi connectivity index (χ1) is 6.63. The average molecular weight is 199 g/mol. The molecule has 3 nitrogen and oxygen atoms in total. The summed E-state index contributed by atoms with van der Waals surface area (Å²) in [6.07, 6.45) is 2.65. The summed E-state index contributed by atoms with van der Waals surface area (Å²) in [7, 11) is 6.50. The van der Waals surface area contributed by atoms with E-state index in [1.54, 1.807) is 0 Å². The van der Waals surface area contributed by atoms with Crippen molar-refractivity contribution in [2.24, 2.45) is 0 Å². The second kappa shape index (κ2) is 5.69. The summed E-state index contributed by atoms with van der Waals surface area (Å²) in [5, 5.41) is 3.29. The monoisotopic (exact) mass is 199 g/mol. The zero-order chi connectivity index (χ0) is 10.6. The van der Waals surface area contributed by atoms with Gasteiger partial charge in [0.25, 0.3) is 0 Å². The molecular formula is C11H25N3. The van der Waals surface area contributed by atoms with Crippen LogP contribution in [0, 0.1) is 0 Å². The molecule has 0 bridgehead atoms. The molecule has 84 valence electrons. The average Bonchev–Trinajstić information content (AvgIpc) is 2.18. The molecule has 0 radical (unpaired) electrons. The molecule has 1 atom stereocenters. The number of likely N-dealkylation sites (tertiary alicyclic amines) is 1. The zero-order valence-corrected chi connectivity index (χ0v) is 10.1. The zero-order valence-electron chi connectivity index (χ0n) is 10.1. The molecule has 0 aromatic carbocycles. The van der Waals surface area contributed by atoms with Crippen LogP contribution in [0.15, 0.2) is 0 Å². The van der Waals surface area contributed by atoms with E-state index in [1.807, 2.05) is 7.05 Å². The number of nitrogens with one attached hydrogen (secondary N) is 1. The molecule has 0 aromatic rings. The molecule has 0 saturated carbocycles. The Morgan fingerprint density at radius 1 is 1.43 bits per heavy atom. The Kier molecular flexibility index (Phi) is 4.85. The second-order valence-corrected chi connectivity index (χ2v) is 4.66. The lowest BCUT2D eigenvalue weighted by Gasteiger charge is -2.36. The van der Waals surface area contributed by atoms with Gasteiger partial charge in [0.05, 0.1) is 0 Å². The Bertz CT molecular complexity index is 153. The molecule has 1 heterocycles. The fourth-order valence-corrected chi connectivity index (χ4v) is 2.11. The molecule has 0 aromatic heterocycles. The fraction of sp³-hybridized carbons (Fsp3) is 1.00. The minimum absolute atomic E-state index is 0.597. The Morgan fingerprint density at radius 2 is 2.00 bits per heavy atom. The minimum Gasteiger partial charge on any atom is -0.316 e. The van der Waals surface area contributed by atoms with Crippen molar-refractivity contribution >= 4 is 0 Å². The van der Waals surface area contributed by atoms with Crippen molar-refractivity contribution in [3.8, 4) is 0 Å². The number of nitrogens with zero attached hydrogens (tertiary/aromatic N) is 2. The summed E-state index contributed by atoms with van der Waals surface area (Å²) in [5.41, 5.74) is 0. The lowest BCUT2D eigenvalue weighted by Crippen LogP contribution is -2.46. The number of hydrogen-bond acceptors (Lipinski definition) is 3. The minimum atomic E-state index is 0.597. The number of rotatable bonds is 4. The Hall–Kier alpha value is -0.120. The number of hydrogen-bond donors (Lipinski definition) is 1. The normalized spacial score (nSPS) is 22.9. The molecule has 0 spiro atoms. The summed E-state index contributed by atoms with van der Waals surface area (Å²) in [5.74, 6) is 0. The van der Waals surface area contributed by atoms with Crippen molar-refractivity contribution < 1.29 is 0 Å². The Labute approximate surface area is 88.5 Å². The highest BCUT2D eigenvalue weighted by molar-refractivity contribution is 4.78. The maximum absolute atomic E-state index is 3.29. The first-order valence-corrected chi connectivity index (χ1v) is 5.69. The highest BCUT2D eigenvalue weighted by Gasteiger charge is 2.20. The quantitative estimate of drug-likeness (QED) is 0.716. The molecule has 1 unspecified atom stereocenters. The maximum atomic E-state index is 3.29. The van der Waals surface area contributed by atoms with Gasteiger partial charge in [-0.05, 0) is 54.0 Å². The van der Waals surface area contributed by atoms with Crippen LogP contribution < -0.4 is 5.32 Å². The topological polar surface area (TPSA) is 18.5 Å². The lowest BCUT2D eigenvalue weighted by molar-refractivity contribution is 0.137. The Morgan fingerprint density at radius 3 is 2.50 bits per heavy atom.